The summed E-state index contributed by atoms with van der Waals surface area (Å²) >= 11 is 5.46. The van der Waals surface area contributed by atoms with E-state index in [4.69, 9.17) is 16.0 Å². The van der Waals surface area contributed by atoms with Gasteiger partial charge in [0.05, 0.1) is 11.8 Å². The van der Waals surface area contributed by atoms with Gasteiger partial charge in [-0.1, -0.05) is 18.6 Å². The molecule has 0 radical (unpaired) electrons. The van der Waals surface area contributed by atoms with Gasteiger partial charge in [-0.05, 0) is 58.8 Å². The molecule has 1 heterocycles. The summed E-state index contributed by atoms with van der Waals surface area (Å²) in [5.74, 6) is 1.10. The highest BCUT2D eigenvalue weighted by molar-refractivity contribution is 6.18. The number of amides is 2. The minimum absolute atomic E-state index is 0.0729. The molecule has 3 rings (SSSR count). The van der Waals surface area contributed by atoms with Crippen LogP contribution in [0.2, 0.25) is 0 Å². The van der Waals surface area contributed by atoms with E-state index in [1.165, 1.54) is 12.1 Å². The second kappa shape index (κ2) is 13.1. The maximum Gasteiger partial charge on any atom is 0.340 e. The third-order valence-corrected chi connectivity index (χ3v) is 6.05. The van der Waals surface area contributed by atoms with Gasteiger partial charge in [0.2, 0.25) is 0 Å². The number of nitroso groups, excluding NO2 is 1. The summed E-state index contributed by atoms with van der Waals surface area (Å²) in [5, 5.41) is 26.5. The smallest absolute Gasteiger partial charge is 0.340 e. The zero-order valence-corrected chi connectivity index (χ0v) is 21.4. The van der Waals surface area contributed by atoms with Crippen molar-refractivity contribution in [1.82, 2.24) is 10.3 Å². The van der Waals surface area contributed by atoms with Crippen LogP contribution in [-0.4, -0.2) is 39.7 Å². The van der Waals surface area contributed by atoms with Crippen LogP contribution < -0.4 is 10.7 Å². The molecule has 0 bridgehead atoms. The molecule has 0 aliphatic heterocycles. The lowest BCUT2D eigenvalue weighted by Crippen LogP contribution is -2.44. The first-order valence-corrected chi connectivity index (χ1v) is 12.2. The minimum Gasteiger partial charge on any atom is -0.507 e. The van der Waals surface area contributed by atoms with E-state index in [9.17, 15) is 24.7 Å². The van der Waals surface area contributed by atoms with E-state index in [2.05, 4.69) is 17.5 Å². The van der Waals surface area contributed by atoms with E-state index in [1.807, 2.05) is 19.9 Å². The molecular formula is C25H34ClN3O6. The molecule has 0 saturated heterocycles. The fourth-order valence-corrected chi connectivity index (χ4v) is 4.03. The maximum absolute atomic E-state index is 11.9. The van der Waals surface area contributed by atoms with Crippen LogP contribution in [0, 0.1) is 17.7 Å². The number of phenols is 2. The lowest BCUT2D eigenvalue weighted by molar-refractivity contribution is 0.191. The molecule has 1 aliphatic carbocycles. The molecule has 1 aromatic heterocycles. The molecule has 3 N–H and O–H groups in total. The monoisotopic (exact) mass is 507 g/mol. The van der Waals surface area contributed by atoms with Gasteiger partial charge in [0, 0.05) is 29.6 Å². The van der Waals surface area contributed by atoms with Gasteiger partial charge in [-0.15, -0.1) is 16.5 Å². The summed E-state index contributed by atoms with van der Waals surface area (Å²) < 4.78 is 5.35. The highest BCUT2D eigenvalue weighted by Crippen LogP contribution is 2.34. The number of aryl methyl sites for hydroxylation is 1. The van der Waals surface area contributed by atoms with E-state index in [0.29, 0.717) is 17.7 Å². The van der Waals surface area contributed by atoms with E-state index in [0.717, 1.165) is 42.2 Å². The van der Waals surface area contributed by atoms with Crippen LogP contribution in [-0.2, 0) is 6.42 Å². The second-order valence-electron chi connectivity index (χ2n) is 9.10. The molecule has 0 unspecified atom stereocenters. The Labute approximate surface area is 209 Å². The molecular weight excluding hydrogens is 474 g/mol. The largest absolute Gasteiger partial charge is 0.507 e. The van der Waals surface area contributed by atoms with Gasteiger partial charge in [0.15, 0.2) is 5.43 Å². The summed E-state index contributed by atoms with van der Waals surface area (Å²) in [6.07, 6.45) is 6.42. The Bertz CT molecular complexity index is 1120. The van der Waals surface area contributed by atoms with Crippen molar-refractivity contribution >= 4 is 28.6 Å². The van der Waals surface area contributed by atoms with Gasteiger partial charge in [-0.25, -0.2) is 4.79 Å². The number of phenolic OH excluding ortho intramolecular Hbond substituents is 2. The van der Waals surface area contributed by atoms with E-state index < -0.39 is 6.03 Å². The first-order valence-electron chi connectivity index (χ1n) is 11.7. The molecule has 0 spiro atoms. The Kier molecular flexibility index (Phi) is 10.6. The average molecular weight is 508 g/mol. The SMILES string of the molecule is CC(C)=CCc1c(O)cc2oc(C)cc(=O)c2c1O.CC1CCC(NC(=O)N(CCCl)N=O)CC1. The first-order chi connectivity index (χ1) is 16.6. The van der Waals surface area contributed by atoms with Gasteiger partial charge < -0.3 is 19.9 Å². The Morgan fingerprint density at radius 3 is 2.49 bits per heavy atom. The molecule has 1 saturated carbocycles. The van der Waals surface area contributed by atoms with Crippen LogP contribution in [0.1, 0.15) is 57.8 Å². The van der Waals surface area contributed by atoms with Crippen molar-refractivity contribution in [3.8, 4) is 11.5 Å². The third-order valence-electron chi connectivity index (χ3n) is 5.88. The topological polar surface area (TPSA) is 132 Å². The lowest BCUT2D eigenvalue weighted by Gasteiger charge is -2.27. The number of carbonyl (C=O) groups is 1. The number of hydrogen-bond acceptors (Lipinski definition) is 7. The fourth-order valence-electron chi connectivity index (χ4n) is 3.87. The second-order valence-corrected chi connectivity index (χ2v) is 9.48. The molecule has 35 heavy (non-hydrogen) atoms. The van der Waals surface area contributed by atoms with Crippen LogP contribution in [0.5, 0.6) is 11.5 Å². The Morgan fingerprint density at radius 1 is 1.26 bits per heavy atom. The first kappa shape index (κ1) is 28.2. The zero-order valence-electron chi connectivity index (χ0n) is 20.6. The van der Waals surface area contributed by atoms with Crippen molar-refractivity contribution in [3.63, 3.8) is 0 Å². The molecule has 1 aromatic carbocycles. The Hall–Kier alpha value is -3.07. The lowest BCUT2D eigenvalue weighted by atomic mass is 9.87. The third kappa shape index (κ3) is 7.99. The number of halogens is 1. The molecule has 2 amide bonds. The summed E-state index contributed by atoms with van der Waals surface area (Å²) in [6.45, 7) is 7.86. The predicted molar refractivity (Wildman–Crippen MR) is 137 cm³/mol. The maximum atomic E-state index is 11.9. The Balaban J connectivity index is 0.000000251. The van der Waals surface area contributed by atoms with E-state index in [1.54, 1.807) is 6.92 Å². The van der Waals surface area contributed by atoms with Crippen LogP contribution in [0.25, 0.3) is 11.0 Å². The molecule has 0 atom stereocenters. The predicted octanol–water partition coefficient (Wildman–Crippen LogP) is 5.52. The number of nitrogens with zero attached hydrogens (tertiary/aromatic N) is 2. The number of rotatable bonds is 6. The van der Waals surface area contributed by atoms with Gasteiger partial charge in [-0.3, -0.25) is 4.79 Å². The van der Waals surface area contributed by atoms with Gasteiger partial charge in [-0.2, -0.15) is 5.01 Å². The summed E-state index contributed by atoms with van der Waals surface area (Å²) in [4.78, 5) is 33.9. The highest BCUT2D eigenvalue weighted by atomic mass is 35.5. The number of fused-ring (bicyclic) bond motifs is 1. The number of carbonyl (C=O) groups excluding carboxylic acids is 1. The van der Waals surface area contributed by atoms with Gasteiger partial charge >= 0.3 is 6.03 Å². The molecule has 192 valence electrons. The highest BCUT2D eigenvalue weighted by Gasteiger charge is 2.22. The van der Waals surface area contributed by atoms with Crippen LogP contribution in [0.4, 0.5) is 4.79 Å². The number of hydrogen-bond donors (Lipinski definition) is 3. The van der Waals surface area contributed by atoms with Crippen molar-refractivity contribution < 1.29 is 19.4 Å². The van der Waals surface area contributed by atoms with Crippen molar-refractivity contribution in [2.45, 2.75) is 65.8 Å². The van der Waals surface area contributed by atoms with Gasteiger partial charge in [0.25, 0.3) is 0 Å². The fraction of sp³-hybridized carbons (Fsp3) is 0.520. The number of allylic oxidation sites excluding steroid dienone is 2. The number of nitrogens with one attached hydrogen (secondary N) is 1. The standard InChI is InChI=1S/C15H16O4.C10H18ClN3O2/c1-8(2)4-5-10-11(16)7-13-14(15(10)18)12(17)6-9(3)19-13;1-8-2-4-9(5-3-8)12-10(15)14(13-16)7-6-11/h4,6-7,16,18H,5H2,1-3H3;8-9H,2-7H2,1H3,(H,12,15). The van der Waals surface area contributed by atoms with E-state index >= 15 is 0 Å². The summed E-state index contributed by atoms with van der Waals surface area (Å²) in [7, 11) is 0. The van der Waals surface area contributed by atoms with Crippen molar-refractivity contribution in [2.75, 3.05) is 12.4 Å². The zero-order chi connectivity index (χ0) is 26.1. The van der Waals surface area contributed by atoms with Gasteiger partial charge in [0.1, 0.15) is 28.2 Å². The molecule has 9 nitrogen and oxygen atoms in total. The number of aromatic hydroxyl groups is 2. The summed E-state index contributed by atoms with van der Waals surface area (Å²) in [5.41, 5.74) is 1.29. The van der Waals surface area contributed by atoms with Crippen LogP contribution in [0.15, 0.2) is 38.3 Å². The number of urea groups is 1. The summed E-state index contributed by atoms with van der Waals surface area (Å²) in [6, 6.07) is 2.43. The number of alkyl halides is 1. The normalized spacial score (nSPS) is 17.2. The molecule has 1 fully saturated rings. The molecule has 10 heteroatoms. The quantitative estimate of drug-likeness (QED) is 0.204. The van der Waals surface area contributed by atoms with Crippen molar-refractivity contribution in [1.29, 1.82) is 0 Å². The van der Waals surface area contributed by atoms with Crippen LogP contribution >= 0.6 is 11.6 Å². The minimum atomic E-state index is -0.435. The molecule has 2 aromatic rings. The number of benzene rings is 1. The molecule has 1 aliphatic rings. The van der Waals surface area contributed by atoms with Crippen molar-refractivity contribution in [3.05, 3.63) is 50.2 Å². The van der Waals surface area contributed by atoms with E-state index in [-0.39, 0.29) is 46.4 Å². The van der Waals surface area contributed by atoms with Crippen molar-refractivity contribution in [2.24, 2.45) is 11.2 Å². The average Bonchev–Trinajstić information content (AvgIpc) is 2.78. The van der Waals surface area contributed by atoms with Crippen LogP contribution in [0.3, 0.4) is 0 Å². The Morgan fingerprint density at radius 2 is 1.91 bits per heavy atom.